The van der Waals surface area contributed by atoms with Crippen molar-refractivity contribution in [2.24, 2.45) is 0 Å². The Bertz CT molecular complexity index is 278. The van der Waals surface area contributed by atoms with Crippen LogP contribution in [-0.2, 0) is 0 Å². The van der Waals surface area contributed by atoms with Gasteiger partial charge in [-0.05, 0) is 31.5 Å². The molecule has 1 fully saturated rings. The van der Waals surface area contributed by atoms with Gasteiger partial charge in [-0.25, -0.2) is 0 Å². The van der Waals surface area contributed by atoms with E-state index < -0.39 is 0 Å². The summed E-state index contributed by atoms with van der Waals surface area (Å²) in [6.45, 7) is 5.54. The number of piperidine rings is 1. The Morgan fingerprint density at radius 1 is 1.47 bits per heavy atom. The molecule has 0 amide bonds. The van der Waals surface area contributed by atoms with Gasteiger partial charge in [-0.2, -0.15) is 0 Å². The van der Waals surface area contributed by atoms with Gasteiger partial charge in [0.1, 0.15) is 0 Å². The summed E-state index contributed by atoms with van der Waals surface area (Å²) >= 11 is 0. The van der Waals surface area contributed by atoms with Crippen molar-refractivity contribution in [2.75, 3.05) is 24.5 Å². The Labute approximate surface area is 91.5 Å². The molecule has 1 saturated heterocycles. The molecule has 0 bridgehead atoms. The van der Waals surface area contributed by atoms with Gasteiger partial charge in [0.25, 0.3) is 0 Å². The van der Waals surface area contributed by atoms with Crippen LogP contribution in [-0.4, -0.2) is 30.7 Å². The van der Waals surface area contributed by atoms with Gasteiger partial charge in [-0.15, -0.1) is 0 Å². The molecule has 0 atom stereocenters. The highest BCUT2D eigenvalue weighted by atomic mass is 15.1. The first-order chi connectivity index (χ1) is 7.40. The lowest BCUT2D eigenvalue weighted by atomic mass is 10.0. The average Bonchev–Trinajstić information content (AvgIpc) is 2.32. The fourth-order valence-corrected chi connectivity index (χ4v) is 2.17. The number of hydrogen-bond donors (Lipinski definition) is 1. The smallest absolute Gasteiger partial charge is 0.0552 e. The van der Waals surface area contributed by atoms with E-state index in [0.717, 1.165) is 19.6 Å². The third-order valence-corrected chi connectivity index (χ3v) is 3.00. The third-order valence-electron chi connectivity index (χ3n) is 3.00. The van der Waals surface area contributed by atoms with Gasteiger partial charge in [0, 0.05) is 25.3 Å². The van der Waals surface area contributed by atoms with Crippen LogP contribution in [0.3, 0.4) is 0 Å². The Hall–Kier alpha value is -1.09. The lowest BCUT2D eigenvalue weighted by Gasteiger charge is -2.33. The number of anilines is 1. The maximum atomic E-state index is 4.16. The molecular formula is C12H19N3. The Morgan fingerprint density at radius 3 is 2.87 bits per heavy atom. The SMILES string of the molecule is CCNC1CCN(c2cccnc2)CC1. The van der Waals surface area contributed by atoms with Gasteiger partial charge >= 0.3 is 0 Å². The third kappa shape index (κ3) is 2.69. The minimum atomic E-state index is 0.711. The van der Waals surface area contributed by atoms with Crippen LogP contribution in [0, 0.1) is 0 Å². The lowest BCUT2D eigenvalue weighted by molar-refractivity contribution is 0.424. The van der Waals surface area contributed by atoms with E-state index in [0.29, 0.717) is 6.04 Å². The molecule has 1 N–H and O–H groups in total. The van der Waals surface area contributed by atoms with Crippen LogP contribution in [0.25, 0.3) is 0 Å². The van der Waals surface area contributed by atoms with Crippen LogP contribution in [0.1, 0.15) is 19.8 Å². The molecule has 0 unspecified atom stereocenters. The molecule has 0 spiro atoms. The molecule has 1 aliphatic heterocycles. The standard InChI is InChI=1S/C12H19N3/c1-2-14-11-5-8-15(9-6-11)12-4-3-7-13-10-12/h3-4,7,10-11,14H,2,5-6,8-9H2,1H3. The number of pyridine rings is 1. The summed E-state index contributed by atoms with van der Waals surface area (Å²) < 4.78 is 0. The van der Waals surface area contributed by atoms with Gasteiger partial charge in [0.05, 0.1) is 11.9 Å². The Balaban J connectivity index is 1.88. The first-order valence-corrected chi connectivity index (χ1v) is 5.78. The van der Waals surface area contributed by atoms with Crippen LogP contribution >= 0.6 is 0 Å². The van der Waals surface area contributed by atoms with Crippen molar-refractivity contribution >= 4 is 5.69 Å². The quantitative estimate of drug-likeness (QED) is 0.813. The van der Waals surface area contributed by atoms with E-state index in [1.165, 1.54) is 18.5 Å². The largest absolute Gasteiger partial charge is 0.370 e. The zero-order valence-electron chi connectivity index (χ0n) is 9.32. The van der Waals surface area contributed by atoms with E-state index in [4.69, 9.17) is 0 Å². The molecule has 0 aliphatic carbocycles. The van der Waals surface area contributed by atoms with Gasteiger partial charge < -0.3 is 10.2 Å². The van der Waals surface area contributed by atoms with Crippen molar-refractivity contribution in [1.29, 1.82) is 0 Å². The van der Waals surface area contributed by atoms with Crippen molar-refractivity contribution in [3.63, 3.8) is 0 Å². The molecule has 1 aliphatic rings. The molecule has 2 heterocycles. The van der Waals surface area contributed by atoms with Crippen LogP contribution in [0.2, 0.25) is 0 Å². The molecule has 3 heteroatoms. The average molecular weight is 205 g/mol. The van der Waals surface area contributed by atoms with E-state index in [9.17, 15) is 0 Å². The first kappa shape index (κ1) is 10.4. The Kier molecular flexibility index (Phi) is 3.56. The molecule has 0 saturated carbocycles. The molecule has 0 radical (unpaired) electrons. The molecule has 1 aromatic rings. The Morgan fingerprint density at radius 2 is 2.27 bits per heavy atom. The minimum absolute atomic E-state index is 0.711. The summed E-state index contributed by atoms with van der Waals surface area (Å²) in [4.78, 5) is 6.58. The number of hydrogen-bond acceptors (Lipinski definition) is 3. The molecule has 15 heavy (non-hydrogen) atoms. The maximum Gasteiger partial charge on any atom is 0.0552 e. The summed E-state index contributed by atoms with van der Waals surface area (Å²) in [5, 5.41) is 3.51. The van der Waals surface area contributed by atoms with E-state index in [-0.39, 0.29) is 0 Å². The second-order valence-corrected chi connectivity index (χ2v) is 4.03. The second kappa shape index (κ2) is 5.12. The molecule has 3 nitrogen and oxygen atoms in total. The van der Waals surface area contributed by atoms with Crippen LogP contribution in [0.4, 0.5) is 5.69 Å². The van der Waals surface area contributed by atoms with Crippen molar-refractivity contribution in [1.82, 2.24) is 10.3 Å². The van der Waals surface area contributed by atoms with Crippen LogP contribution in [0.5, 0.6) is 0 Å². The highest BCUT2D eigenvalue weighted by Gasteiger charge is 2.18. The summed E-state index contributed by atoms with van der Waals surface area (Å²) in [7, 11) is 0. The van der Waals surface area contributed by atoms with Crippen molar-refractivity contribution in [3.8, 4) is 0 Å². The van der Waals surface area contributed by atoms with Crippen molar-refractivity contribution < 1.29 is 0 Å². The predicted octanol–water partition coefficient (Wildman–Crippen LogP) is 1.66. The predicted molar refractivity (Wildman–Crippen MR) is 63.1 cm³/mol. The molecule has 2 rings (SSSR count). The summed E-state index contributed by atoms with van der Waals surface area (Å²) in [5.74, 6) is 0. The monoisotopic (exact) mass is 205 g/mol. The molecule has 0 aromatic carbocycles. The summed E-state index contributed by atoms with van der Waals surface area (Å²) in [6.07, 6.45) is 6.26. The fourth-order valence-electron chi connectivity index (χ4n) is 2.17. The maximum absolute atomic E-state index is 4.16. The number of nitrogens with one attached hydrogen (secondary N) is 1. The van der Waals surface area contributed by atoms with Crippen molar-refractivity contribution in [3.05, 3.63) is 24.5 Å². The normalized spacial score (nSPS) is 18.1. The highest BCUT2D eigenvalue weighted by molar-refractivity contribution is 5.43. The van der Waals surface area contributed by atoms with Gasteiger partial charge in [0.15, 0.2) is 0 Å². The second-order valence-electron chi connectivity index (χ2n) is 4.03. The summed E-state index contributed by atoms with van der Waals surface area (Å²) in [5.41, 5.74) is 1.26. The first-order valence-electron chi connectivity index (χ1n) is 5.78. The molecule has 82 valence electrons. The van der Waals surface area contributed by atoms with Crippen LogP contribution in [0.15, 0.2) is 24.5 Å². The fraction of sp³-hybridized carbons (Fsp3) is 0.583. The van der Waals surface area contributed by atoms with Gasteiger partial charge in [0.2, 0.25) is 0 Å². The van der Waals surface area contributed by atoms with Gasteiger partial charge in [-0.1, -0.05) is 6.92 Å². The zero-order valence-corrected chi connectivity index (χ0v) is 9.32. The topological polar surface area (TPSA) is 28.2 Å². The minimum Gasteiger partial charge on any atom is -0.370 e. The molecule has 1 aromatic heterocycles. The molecular weight excluding hydrogens is 186 g/mol. The number of nitrogens with zero attached hydrogens (tertiary/aromatic N) is 2. The highest BCUT2D eigenvalue weighted by Crippen LogP contribution is 2.18. The van der Waals surface area contributed by atoms with Gasteiger partial charge in [-0.3, -0.25) is 4.98 Å². The lowest BCUT2D eigenvalue weighted by Crippen LogP contribution is -2.42. The zero-order chi connectivity index (χ0) is 10.5. The van der Waals surface area contributed by atoms with E-state index >= 15 is 0 Å². The number of rotatable bonds is 3. The number of aromatic nitrogens is 1. The van der Waals surface area contributed by atoms with Crippen molar-refractivity contribution in [2.45, 2.75) is 25.8 Å². The van der Waals surface area contributed by atoms with E-state index in [1.807, 2.05) is 18.5 Å². The van der Waals surface area contributed by atoms with E-state index in [2.05, 4.69) is 28.2 Å². The van der Waals surface area contributed by atoms with E-state index in [1.54, 1.807) is 0 Å². The summed E-state index contributed by atoms with van der Waals surface area (Å²) in [6, 6.07) is 4.86. The van der Waals surface area contributed by atoms with Crippen LogP contribution < -0.4 is 10.2 Å².